The van der Waals surface area contributed by atoms with Crippen molar-refractivity contribution in [2.24, 2.45) is 11.8 Å². The summed E-state index contributed by atoms with van der Waals surface area (Å²) in [7, 11) is 0. The fourth-order valence-electron chi connectivity index (χ4n) is 7.64. The summed E-state index contributed by atoms with van der Waals surface area (Å²) < 4.78 is 18.6. The lowest BCUT2D eigenvalue weighted by Gasteiger charge is -2.36. The Hall–Kier alpha value is -3.85. The zero-order valence-corrected chi connectivity index (χ0v) is 24.0. The molecule has 42 heavy (non-hydrogen) atoms. The molecule has 0 aromatic heterocycles. The van der Waals surface area contributed by atoms with E-state index in [2.05, 4.69) is 10.6 Å². The quantitative estimate of drug-likeness (QED) is 0.513. The SMILES string of the molecule is Cc1cc(C)cc(NC(=O)[C@H]2[C@H]3C=C[C@@]4(O3)[C@H]2C(=O)N(C[C@H]2COc3ccccc3O2)[C@@H]4C(=O)NC2CCCCC2)c1. The van der Waals surface area contributed by atoms with E-state index in [-0.39, 0.29) is 36.9 Å². The molecule has 6 atom stereocenters. The second-order valence-electron chi connectivity index (χ2n) is 12.4. The highest BCUT2D eigenvalue weighted by atomic mass is 16.6. The van der Waals surface area contributed by atoms with Gasteiger partial charge in [-0.3, -0.25) is 14.4 Å². The first kappa shape index (κ1) is 27.0. The van der Waals surface area contributed by atoms with Crippen LogP contribution in [0.5, 0.6) is 11.5 Å². The number of fused-ring (bicyclic) bond motifs is 2. The van der Waals surface area contributed by atoms with Crippen LogP contribution in [0.4, 0.5) is 5.69 Å². The Morgan fingerprint density at radius 1 is 1.00 bits per heavy atom. The molecule has 4 aliphatic heterocycles. The van der Waals surface area contributed by atoms with Gasteiger partial charge in [-0.25, -0.2) is 0 Å². The standard InChI is InChI=1S/C33H37N3O6/c1-19-14-20(2)16-22(15-19)35-30(37)27-26-12-13-33(42-26)28(27)32(39)36(29(33)31(38)34-21-8-4-3-5-9-21)17-23-18-40-24-10-6-7-11-25(24)41-23/h6-7,10-16,21,23,26-29H,3-5,8-9,17-18H2,1-2H3,(H,34,38)(H,35,37)/t23-,26+,27-,28+,29+,33+/m0/s1. The zero-order chi connectivity index (χ0) is 29.0. The third-order valence-corrected chi connectivity index (χ3v) is 9.33. The van der Waals surface area contributed by atoms with Crippen molar-refractivity contribution < 1.29 is 28.6 Å². The van der Waals surface area contributed by atoms with Crippen molar-refractivity contribution in [1.82, 2.24) is 10.2 Å². The average Bonchev–Trinajstić information content (AvgIpc) is 3.60. The summed E-state index contributed by atoms with van der Waals surface area (Å²) in [5.41, 5.74) is 1.52. The molecular formula is C33H37N3O6. The normalized spacial score (nSPS) is 31.2. The molecule has 2 saturated heterocycles. The molecule has 1 aliphatic carbocycles. The molecule has 9 nitrogen and oxygen atoms in total. The van der Waals surface area contributed by atoms with Gasteiger partial charge in [0.2, 0.25) is 17.7 Å². The zero-order valence-electron chi connectivity index (χ0n) is 24.0. The predicted molar refractivity (Wildman–Crippen MR) is 155 cm³/mol. The molecule has 0 radical (unpaired) electrons. The van der Waals surface area contributed by atoms with Crippen LogP contribution in [0, 0.1) is 25.7 Å². The van der Waals surface area contributed by atoms with E-state index in [0.717, 1.165) is 43.2 Å². The highest BCUT2D eigenvalue weighted by molar-refractivity contribution is 6.02. The Labute approximate surface area is 245 Å². The van der Waals surface area contributed by atoms with Crippen LogP contribution in [0.15, 0.2) is 54.6 Å². The number of likely N-dealkylation sites (tertiary alicyclic amines) is 1. The molecule has 220 valence electrons. The first-order chi connectivity index (χ1) is 20.3. The third-order valence-electron chi connectivity index (χ3n) is 9.33. The Kier molecular flexibility index (Phi) is 6.72. The van der Waals surface area contributed by atoms with Crippen LogP contribution in [0.2, 0.25) is 0 Å². The van der Waals surface area contributed by atoms with E-state index in [9.17, 15) is 14.4 Å². The molecule has 5 aliphatic rings. The van der Waals surface area contributed by atoms with E-state index in [1.807, 2.05) is 68.5 Å². The number of rotatable bonds is 6. The van der Waals surface area contributed by atoms with Crippen molar-refractivity contribution in [2.45, 2.75) is 75.8 Å². The minimum absolute atomic E-state index is 0.0611. The number of benzene rings is 2. The van der Waals surface area contributed by atoms with Gasteiger partial charge in [0.25, 0.3) is 0 Å². The van der Waals surface area contributed by atoms with Gasteiger partial charge in [0.05, 0.1) is 24.5 Å². The van der Waals surface area contributed by atoms with E-state index >= 15 is 0 Å². The lowest BCUT2D eigenvalue weighted by molar-refractivity contribution is -0.143. The number of carbonyl (C=O) groups is 3. The smallest absolute Gasteiger partial charge is 0.246 e. The summed E-state index contributed by atoms with van der Waals surface area (Å²) in [6.45, 7) is 4.33. The predicted octanol–water partition coefficient (Wildman–Crippen LogP) is 3.68. The van der Waals surface area contributed by atoms with E-state index < -0.39 is 35.7 Å². The summed E-state index contributed by atoms with van der Waals surface area (Å²) in [5, 5.41) is 6.26. The molecule has 3 amide bonds. The van der Waals surface area contributed by atoms with Gasteiger partial charge in [-0.15, -0.1) is 0 Å². The van der Waals surface area contributed by atoms with Gasteiger partial charge in [-0.1, -0.05) is 49.6 Å². The van der Waals surface area contributed by atoms with Gasteiger partial charge < -0.3 is 29.7 Å². The molecule has 2 bridgehead atoms. The first-order valence-corrected chi connectivity index (χ1v) is 15.1. The van der Waals surface area contributed by atoms with Gasteiger partial charge in [0.15, 0.2) is 17.6 Å². The monoisotopic (exact) mass is 571 g/mol. The Morgan fingerprint density at radius 2 is 1.74 bits per heavy atom. The molecule has 2 aromatic carbocycles. The minimum atomic E-state index is -1.22. The van der Waals surface area contributed by atoms with Crippen LogP contribution < -0.4 is 20.1 Å². The number of para-hydroxylation sites is 2. The molecule has 4 heterocycles. The number of nitrogens with zero attached hydrogens (tertiary/aromatic N) is 1. The lowest BCUT2D eigenvalue weighted by atomic mass is 9.74. The van der Waals surface area contributed by atoms with E-state index in [4.69, 9.17) is 14.2 Å². The van der Waals surface area contributed by atoms with Crippen LogP contribution >= 0.6 is 0 Å². The molecule has 9 heteroatoms. The Morgan fingerprint density at radius 3 is 2.50 bits per heavy atom. The summed E-state index contributed by atoms with van der Waals surface area (Å²) in [6.07, 6.45) is 7.76. The highest BCUT2D eigenvalue weighted by Gasteiger charge is 2.73. The third kappa shape index (κ3) is 4.54. The maximum Gasteiger partial charge on any atom is 0.246 e. The lowest BCUT2D eigenvalue weighted by Crippen LogP contribution is -2.58. The Bertz CT molecular complexity index is 1430. The minimum Gasteiger partial charge on any atom is -0.486 e. The highest BCUT2D eigenvalue weighted by Crippen LogP contribution is 2.55. The molecule has 3 fully saturated rings. The molecule has 2 N–H and O–H groups in total. The van der Waals surface area contributed by atoms with Gasteiger partial charge in [0, 0.05) is 11.7 Å². The van der Waals surface area contributed by atoms with Gasteiger partial charge >= 0.3 is 0 Å². The van der Waals surface area contributed by atoms with Crippen molar-refractivity contribution in [3.8, 4) is 11.5 Å². The topological polar surface area (TPSA) is 106 Å². The summed E-state index contributed by atoms with van der Waals surface area (Å²) in [6, 6.07) is 12.4. The number of hydrogen-bond acceptors (Lipinski definition) is 6. The largest absolute Gasteiger partial charge is 0.486 e. The summed E-state index contributed by atoms with van der Waals surface area (Å²) >= 11 is 0. The number of carbonyl (C=O) groups excluding carboxylic acids is 3. The van der Waals surface area contributed by atoms with Crippen molar-refractivity contribution in [2.75, 3.05) is 18.5 Å². The van der Waals surface area contributed by atoms with Gasteiger partial charge in [-0.05, 0) is 62.1 Å². The number of amides is 3. The molecular weight excluding hydrogens is 534 g/mol. The van der Waals surface area contributed by atoms with Crippen LogP contribution in [-0.2, 0) is 19.1 Å². The fourth-order valence-corrected chi connectivity index (χ4v) is 7.64. The number of aryl methyl sites for hydroxylation is 2. The van der Waals surface area contributed by atoms with Crippen molar-refractivity contribution >= 4 is 23.4 Å². The summed E-state index contributed by atoms with van der Waals surface area (Å²) in [4.78, 5) is 43.8. The molecule has 2 aromatic rings. The van der Waals surface area contributed by atoms with Crippen LogP contribution in [-0.4, -0.2) is 65.7 Å². The van der Waals surface area contributed by atoms with Crippen molar-refractivity contribution in [3.05, 3.63) is 65.7 Å². The molecule has 1 spiro atoms. The number of anilines is 1. The maximum atomic E-state index is 14.3. The maximum absolute atomic E-state index is 14.3. The second-order valence-corrected chi connectivity index (χ2v) is 12.4. The molecule has 0 unspecified atom stereocenters. The van der Waals surface area contributed by atoms with Gasteiger partial charge in [-0.2, -0.15) is 0 Å². The first-order valence-electron chi connectivity index (χ1n) is 15.1. The summed E-state index contributed by atoms with van der Waals surface area (Å²) in [5.74, 6) is -1.13. The molecule has 7 rings (SSSR count). The average molecular weight is 572 g/mol. The van der Waals surface area contributed by atoms with E-state index in [1.54, 1.807) is 4.90 Å². The van der Waals surface area contributed by atoms with E-state index in [1.165, 1.54) is 0 Å². The molecule has 1 saturated carbocycles. The number of nitrogens with one attached hydrogen (secondary N) is 2. The second kappa shape index (κ2) is 10.5. The van der Waals surface area contributed by atoms with Crippen molar-refractivity contribution in [1.29, 1.82) is 0 Å². The van der Waals surface area contributed by atoms with E-state index in [0.29, 0.717) is 17.2 Å². The van der Waals surface area contributed by atoms with Crippen LogP contribution in [0.25, 0.3) is 0 Å². The Balaban J connectivity index is 1.19. The number of ether oxygens (including phenoxy) is 3. The number of hydrogen-bond donors (Lipinski definition) is 2. The van der Waals surface area contributed by atoms with Crippen LogP contribution in [0.3, 0.4) is 0 Å². The van der Waals surface area contributed by atoms with Crippen molar-refractivity contribution in [3.63, 3.8) is 0 Å². The van der Waals surface area contributed by atoms with Crippen LogP contribution in [0.1, 0.15) is 43.2 Å². The fraction of sp³-hybridized carbons (Fsp3) is 0.485. The van der Waals surface area contributed by atoms with Gasteiger partial charge in [0.1, 0.15) is 18.2 Å².